The molecule has 0 aromatic heterocycles. The van der Waals surface area contributed by atoms with Crippen LogP contribution in [0.3, 0.4) is 0 Å². The minimum absolute atomic E-state index is 0.229. The molecule has 0 aliphatic heterocycles. The van der Waals surface area contributed by atoms with Crippen molar-refractivity contribution in [1.82, 2.24) is 0 Å². The number of aliphatic carboxylic acids is 1. The molecule has 0 aliphatic carbocycles. The van der Waals surface area contributed by atoms with Crippen molar-refractivity contribution in [2.75, 3.05) is 6.61 Å². The van der Waals surface area contributed by atoms with Gasteiger partial charge in [-0.15, -0.1) is 0 Å². The van der Waals surface area contributed by atoms with Gasteiger partial charge in [0.05, 0.1) is 4.47 Å². The lowest BCUT2D eigenvalue weighted by atomic mass is 10.3. The van der Waals surface area contributed by atoms with Gasteiger partial charge in [-0.1, -0.05) is 11.6 Å². The summed E-state index contributed by atoms with van der Waals surface area (Å²) in [6, 6.07) is 5.14. The van der Waals surface area contributed by atoms with Crippen LogP contribution in [-0.4, -0.2) is 17.7 Å². The minimum Gasteiger partial charge on any atom is -0.488 e. The number of ether oxygens (including phenoxy) is 1. The SMILES string of the molecule is CC(=CC(=O)O)COc1ccc(Cl)cc1Br. The maximum Gasteiger partial charge on any atom is 0.328 e. The Morgan fingerprint density at radius 2 is 2.31 bits per heavy atom. The molecule has 0 amide bonds. The molecule has 0 bridgehead atoms. The smallest absolute Gasteiger partial charge is 0.328 e. The molecule has 86 valence electrons. The quantitative estimate of drug-likeness (QED) is 0.866. The van der Waals surface area contributed by atoms with E-state index in [0.717, 1.165) is 10.5 Å². The van der Waals surface area contributed by atoms with E-state index in [0.29, 0.717) is 16.3 Å². The van der Waals surface area contributed by atoms with Gasteiger partial charge >= 0.3 is 5.97 Å². The zero-order valence-electron chi connectivity index (χ0n) is 8.54. The molecule has 1 aromatic rings. The Balaban J connectivity index is 2.65. The Morgan fingerprint density at radius 3 is 2.88 bits per heavy atom. The summed E-state index contributed by atoms with van der Waals surface area (Å²) >= 11 is 9.08. The molecule has 3 nitrogen and oxygen atoms in total. The van der Waals surface area contributed by atoms with Crippen molar-refractivity contribution in [2.45, 2.75) is 6.92 Å². The largest absolute Gasteiger partial charge is 0.488 e. The molecule has 0 fully saturated rings. The maximum atomic E-state index is 10.4. The van der Waals surface area contributed by atoms with E-state index in [1.807, 2.05) is 0 Å². The van der Waals surface area contributed by atoms with E-state index in [9.17, 15) is 4.79 Å². The fraction of sp³-hybridized carbons (Fsp3) is 0.182. The van der Waals surface area contributed by atoms with Crippen LogP contribution in [0.5, 0.6) is 5.75 Å². The van der Waals surface area contributed by atoms with Crippen LogP contribution in [0, 0.1) is 0 Å². The highest BCUT2D eigenvalue weighted by Gasteiger charge is 2.02. The number of hydrogen-bond acceptors (Lipinski definition) is 2. The molecular weight excluding hydrogens is 295 g/mol. The lowest BCUT2D eigenvalue weighted by Crippen LogP contribution is -2.01. The Bertz CT molecular complexity index is 429. The summed E-state index contributed by atoms with van der Waals surface area (Å²) in [5.74, 6) is -0.348. The number of carbonyl (C=O) groups is 1. The second-order valence-corrected chi connectivity index (χ2v) is 4.48. The summed E-state index contributed by atoms with van der Waals surface area (Å²) < 4.78 is 6.16. The highest BCUT2D eigenvalue weighted by molar-refractivity contribution is 9.10. The predicted molar refractivity (Wildman–Crippen MR) is 66.0 cm³/mol. The van der Waals surface area contributed by atoms with E-state index >= 15 is 0 Å². The molecule has 5 heteroatoms. The summed E-state index contributed by atoms with van der Waals surface area (Å²) in [6.45, 7) is 1.92. The molecule has 0 atom stereocenters. The molecule has 16 heavy (non-hydrogen) atoms. The third-order valence-corrected chi connectivity index (χ3v) is 2.57. The summed E-state index contributed by atoms with van der Waals surface area (Å²) in [5, 5.41) is 9.12. The highest BCUT2D eigenvalue weighted by atomic mass is 79.9. The van der Waals surface area contributed by atoms with Gasteiger partial charge in [0.1, 0.15) is 12.4 Å². The van der Waals surface area contributed by atoms with Crippen LogP contribution in [-0.2, 0) is 4.79 Å². The van der Waals surface area contributed by atoms with Crippen LogP contribution in [0.2, 0.25) is 5.02 Å². The molecule has 0 aliphatic rings. The molecule has 1 rings (SSSR count). The van der Waals surface area contributed by atoms with Gasteiger partial charge in [-0.25, -0.2) is 4.79 Å². The van der Waals surface area contributed by atoms with Crippen molar-refractivity contribution < 1.29 is 14.6 Å². The fourth-order valence-electron chi connectivity index (χ4n) is 1.04. The normalized spacial score (nSPS) is 11.3. The van der Waals surface area contributed by atoms with Crippen molar-refractivity contribution >= 4 is 33.5 Å². The van der Waals surface area contributed by atoms with Gasteiger partial charge in [0.15, 0.2) is 0 Å². The first kappa shape index (κ1) is 13.1. The second-order valence-electron chi connectivity index (χ2n) is 3.19. The lowest BCUT2D eigenvalue weighted by Gasteiger charge is -2.08. The Hall–Kier alpha value is -1.000. The van der Waals surface area contributed by atoms with E-state index in [4.69, 9.17) is 21.4 Å². The van der Waals surface area contributed by atoms with E-state index < -0.39 is 5.97 Å². The zero-order valence-corrected chi connectivity index (χ0v) is 10.9. The van der Waals surface area contributed by atoms with Gasteiger partial charge in [-0.3, -0.25) is 0 Å². The first-order valence-electron chi connectivity index (χ1n) is 4.47. The molecule has 0 spiro atoms. The number of benzene rings is 1. The molecular formula is C11H10BrClO3. The molecule has 1 N–H and O–H groups in total. The number of hydrogen-bond donors (Lipinski definition) is 1. The third-order valence-electron chi connectivity index (χ3n) is 1.72. The average Bonchev–Trinajstić information content (AvgIpc) is 2.15. The first-order valence-corrected chi connectivity index (χ1v) is 5.64. The van der Waals surface area contributed by atoms with E-state index in [-0.39, 0.29) is 6.61 Å². The number of carboxylic acids is 1. The standard InChI is InChI=1S/C11H10BrClO3/c1-7(4-11(14)15)6-16-10-3-2-8(13)5-9(10)12/h2-5H,6H2,1H3,(H,14,15). The Labute approximate surface area is 107 Å². The van der Waals surface area contributed by atoms with Crippen molar-refractivity contribution in [3.05, 3.63) is 39.3 Å². The van der Waals surface area contributed by atoms with E-state index in [1.165, 1.54) is 0 Å². The molecule has 1 aromatic carbocycles. The summed E-state index contributed by atoms with van der Waals surface area (Å²) in [7, 11) is 0. The molecule has 0 heterocycles. The Kier molecular flexibility index (Phi) is 4.83. The van der Waals surface area contributed by atoms with Crippen molar-refractivity contribution in [1.29, 1.82) is 0 Å². The molecule has 0 saturated carbocycles. The second kappa shape index (κ2) is 5.92. The van der Waals surface area contributed by atoms with Crippen molar-refractivity contribution in [3.8, 4) is 5.75 Å². The van der Waals surface area contributed by atoms with Gasteiger partial charge in [0.25, 0.3) is 0 Å². The van der Waals surface area contributed by atoms with Crippen molar-refractivity contribution in [3.63, 3.8) is 0 Å². The minimum atomic E-state index is -0.976. The van der Waals surface area contributed by atoms with Crippen LogP contribution in [0.15, 0.2) is 34.3 Å². The number of rotatable bonds is 4. The van der Waals surface area contributed by atoms with Crippen LogP contribution >= 0.6 is 27.5 Å². The monoisotopic (exact) mass is 304 g/mol. The Morgan fingerprint density at radius 1 is 1.62 bits per heavy atom. The topological polar surface area (TPSA) is 46.5 Å². The van der Waals surface area contributed by atoms with E-state index in [2.05, 4.69) is 15.9 Å². The van der Waals surface area contributed by atoms with Gasteiger partial charge in [-0.2, -0.15) is 0 Å². The van der Waals surface area contributed by atoms with Gasteiger partial charge in [0, 0.05) is 11.1 Å². The van der Waals surface area contributed by atoms with Gasteiger partial charge in [0.2, 0.25) is 0 Å². The van der Waals surface area contributed by atoms with E-state index in [1.54, 1.807) is 25.1 Å². The number of halogens is 2. The molecule has 0 unspecified atom stereocenters. The summed E-state index contributed by atoms with van der Waals surface area (Å²) in [4.78, 5) is 10.4. The highest BCUT2D eigenvalue weighted by Crippen LogP contribution is 2.28. The first-order chi connectivity index (χ1) is 7.49. The zero-order chi connectivity index (χ0) is 12.1. The molecule has 0 radical (unpaired) electrons. The van der Waals surface area contributed by atoms with Crippen molar-refractivity contribution in [2.24, 2.45) is 0 Å². The summed E-state index contributed by atoms with van der Waals surface area (Å²) in [6.07, 6.45) is 1.11. The van der Waals surface area contributed by atoms with Gasteiger partial charge in [-0.05, 0) is 46.6 Å². The summed E-state index contributed by atoms with van der Waals surface area (Å²) in [5.41, 5.74) is 0.634. The number of carboxylic acid groups (broad SMARTS) is 1. The molecule has 0 saturated heterocycles. The van der Waals surface area contributed by atoms with Crippen LogP contribution in [0.4, 0.5) is 0 Å². The lowest BCUT2D eigenvalue weighted by molar-refractivity contribution is -0.131. The van der Waals surface area contributed by atoms with Crippen LogP contribution in [0.1, 0.15) is 6.92 Å². The average molecular weight is 306 g/mol. The van der Waals surface area contributed by atoms with Gasteiger partial charge < -0.3 is 9.84 Å². The van der Waals surface area contributed by atoms with Crippen LogP contribution < -0.4 is 4.74 Å². The third kappa shape index (κ3) is 4.24. The predicted octanol–water partition coefficient (Wildman–Crippen LogP) is 3.51. The maximum absolute atomic E-state index is 10.4. The fourth-order valence-corrected chi connectivity index (χ4v) is 1.83. The van der Waals surface area contributed by atoms with Crippen LogP contribution in [0.25, 0.3) is 0 Å².